The number of hydrogen-bond donors (Lipinski definition) is 2. The quantitative estimate of drug-likeness (QED) is 0.505. The monoisotopic (exact) mass is 472 g/mol. The van der Waals surface area contributed by atoms with Crippen molar-refractivity contribution in [1.29, 1.82) is 0 Å². The predicted molar refractivity (Wildman–Crippen MR) is 129 cm³/mol. The van der Waals surface area contributed by atoms with E-state index in [1.165, 1.54) is 55.8 Å². The van der Waals surface area contributed by atoms with Crippen molar-refractivity contribution in [2.24, 2.45) is 5.14 Å². The van der Waals surface area contributed by atoms with Gasteiger partial charge in [-0.3, -0.25) is 4.90 Å². The Balaban J connectivity index is 1.37. The number of rotatable bonds is 8. The number of nitrogens with two attached hydrogens (primary N) is 1. The minimum absolute atomic E-state index is 0.0678. The first-order chi connectivity index (χ1) is 15.4. The van der Waals surface area contributed by atoms with Crippen molar-refractivity contribution in [2.75, 3.05) is 31.6 Å². The molecule has 9 heteroatoms. The molecule has 0 amide bonds. The van der Waals surface area contributed by atoms with Crippen LogP contribution in [0.4, 0.5) is 10.8 Å². The smallest absolute Gasteiger partial charge is 0.238 e. The molecule has 1 aliphatic heterocycles. The Labute approximate surface area is 193 Å². The van der Waals surface area contributed by atoms with Gasteiger partial charge in [0.25, 0.3) is 0 Å². The second-order valence-electron chi connectivity index (χ2n) is 7.96. The number of nitrogens with zero attached hydrogens (tertiary/aromatic N) is 2. The van der Waals surface area contributed by atoms with Crippen molar-refractivity contribution in [3.8, 4) is 17.0 Å². The number of thiazole rings is 1. The van der Waals surface area contributed by atoms with E-state index in [4.69, 9.17) is 9.88 Å². The van der Waals surface area contributed by atoms with Gasteiger partial charge in [-0.2, -0.15) is 0 Å². The normalized spacial score (nSPS) is 14.9. The number of aromatic nitrogens is 1. The summed E-state index contributed by atoms with van der Waals surface area (Å²) >= 11 is 1.46. The lowest BCUT2D eigenvalue weighted by atomic mass is 10.1. The molecule has 1 saturated heterocycles. The van der Waals surface area contributed by atoms with Crippen LogP contribution in [0.25, 0.3) is 11.3 Å². The van der Waals surface area contributed by atoms with Gasteiger partial charge in [-0.15, -0.1) is 11.3 Å². The number of sulfonamides is 1. The Hall–Kier alpha value is -2.46. The molecular formula is C23H28N4O3S2. The molecule has 32 heavy (non-hydrogen) atoms. The highest BCUT2D eigenvalue weighted by Crippen LogP contribution is 2.30. The zero-order valence-electron chi connectivity index (χ0n) is 18.1. The van der Waals surface area contributed by atoms with Crippen LogP contribution in [-0.4, -0.2) is 44.5 Å². The van der Waals surface area contributed by atoms with Crippen LogP contribution in [0.5, 0.6) is 5.75 Å². The lowest BCUT2D eigenvalue weighted by Gasteiger charge is -2.26. The maximum absolute atomic E-state index is 11.6. The highest BCUT2D eigenvalue weighted by atomic mass is 32.2. The highest BCUT2D eigenvalue weighted by Gasteiger charge is 2.12. The van der Waals surface area contributed by atoms with Crippen molar-refractivity contribution < 1.29 is 13.2 Å². The van der Waals surface area contributed by atoms with Gasteiger partial charge >= 0.3 is 0 Å². The zero-order chi connectivity index (χ0) is 22.6. The van der Waals surface area contributed by atoms with Crippen molar-refractivity contribution >= 4 is 32.2 Å². The average molecular weight is 473 g/mol. The summed E-state index contributed by atoms with van der Waals surface area (Å²) in [5, 5.41) is 11.1. The van der Waals surface area contributed by atoms with E-state index in [0.717, 1.165) is 29.1 Å². The largest absolute Gasteiger partial charge is 0.492 e. The first kappa shape index (κ1) is 22.7. The number of ether oxygens (including phenoxy) is 1. The first-order valence-electron chi connectivity index (χ1n) is 10.7. The fourth-order valence-corrected chi connectivity index (χ4v) is 4.96. The Bertz CT molecular complexity index is 1150. The Kier molecular flexibility index (Phi) is 7.10. The van der Waals surface area contributed by atoms with E-state index in [9.17, 15) is 8.42 Å². The second-order valence-corrected chi connectivity index (χ2v) is 10.4. The second kappa shape index (κ2) is 9.99. The molecule has 7 nitrogen and oxygen atoms in total. The number of hydrogen-bond acceptors (Lipinski definition) is 7. The minimum atomic E-state index is -3.76. The van der Waals surface area contributed by atoms with Gasteiger partial charge in [-0.25, -0.2) is 18.5 Å². The molecule has 1 fully saturated rings. The molecule has 170 valence electrons. The summed E-state index contributed by atoms with van der Waals surface area (Å²) in [5.41, 5.74) is 3.40. The number of primary sulfonamides is 1. The first-order valence-corrected chi connectivity index (χ1v) is 13.1. The molecule has 0 bridgehead atoms. The molecule has 0 saturated carbocycles. The number of piperidine rings is 1. The highest BCUT2D eigenvalue weighted by molar-refractivity contribution is 7.89. The van der Waals surface area contributed by atoms with Gasteiger partial charge in [0, 0.05) is 23.2 Å². The molecule has 2 heterocycles. The van der Waals surface area contributed by atoms with E-state index < -0.39 is 10.0 Å². The average Bonchev–Trinajstić information content (AvgIpc) is 3.24. The van der Waals surface area contributed by atoms with Crippen LogP contribution in [-0.2, 0) is 10.0 Å². The number of likely N-dealkylation sites (tertiary alicyclic amines) is 1. The Morgan fingerprint density at radius 1 is 1.12 bits per heavy atom. The van der Waals surface area contributed by atoms with Gasteiger partial charge in [-0.1, -0.05) is 12.5 Å². The predicted octanol–water partition coefficient (Wildman–Crippen LogP) is 4.37. The van der Waals surface area contributed by atoms with Crippen LogP contribution in [0.1, 0.15) is 24.8 Å². The van der Waals surface area contributed by atoms with E-state index >= 15 is 0 Å². The molecule has 4 rings (SSSR count). The summed E-state index contributed by atoms with van der Waals surface area (Å²) in [6.07, 6.45) is 3.92. The molecule has 0 radical (unpaired) electrons. The van der Waals surface area contributed by atoms with Gasteiger partial charge < -0.3 is 10.1 Å². The topological polar surface area (TPSA) is 97.5 Å². The molecule has 0 atom stereocenters. The summed E-state index contributed by atoms with van der Waals surface area (Å²) in [6, 6.07) is 12.7. The van der Waals surface area contributed by atoms with Gasteiger partial charge in [0.2, 0.25) is 10.0 Å². The van der Waals surface area contributed by atoms with Crippen LogP contribution in [0, 0.1) is 6.92 Å². The Morgan fingerprint density at radius 2 is 1.88 bits per heavy atom. The molecule has 1 aliphatic rings. The SMILES string of the molecule is Cc1ccc(S(N)(=O)=O)cc1Nc1nc(-c2ccc(OCCN3CCCCC3)cc2)cs1. The summed E-state index contributed by atoms with van der Waals surface area (Å²) in [5.74, 6) is 0.856. The van der Waals surface area contributed by atoms with Gasteiger partial charge in [0.05, 0.1) is 10.6 Å². The van der Waals surface area contributed by atoms with Crippen LogP contribution in [0.15, 0.2) is 52.7 Å². The van der Waals surface area contributed by atoms with Crippen molar-refractivity contribution in [2.45, 2.75) is 31.1 Å². The molecule has 2 aromatic carbocycles. The minimum Gasteiger partial charge on any atom is -0.492 e. The Morgan fingerprint density at radius 3 is 2.59 bits per heavy atom. The van der Waals surface area contributed by atoms with E-state index in [1.807, 2.05) is 36.6 Å². The van der Waals surface area contributed by atoms with Gasteiger partial charge in [0.15, 0.2) is 5.13 Å². The van der Waals surface area contributed by atoms with E-state index in [-0.39, 0.29) is 4.90 Å². The number of nitrogens with one attached hydrogen (secondary N) is 1. The standard InChI is InChI=1S/C23H28N4O3S2/c1-17-5-10-20(32(24,28)29)15-21(17)25-23-26-22(16-31-23)18-6-8-19(9-7-18)30-14-13-27-11-3-2-4-12-27/h5-10,15-16H,2-4,11-14H2,1H3,(H,25,26)(H2,24,28,29). The summed E-state index contributed by atoms with van der Waals surface area (Å²) < 4.78 is 29.2. The number of benzene rings is 2. The summed E-state index contributed by atoms with van der Waals surface area (Å²) in [6.45, 7) is 5.91. The summed E-state index contributed by atoms with van der Waals surface area (Å²) in [7, 11) is -3.76. The zero-order valence-corrected chi connectivity index (χ0v) is 19.7. The van der Waals surface area contributed by atoms with Crippen molar-refractivity contribution in [3.05, 3.63) is 53.4 Å². The van der Waals surface area contributed by atoms with Crippen LogP contribution < -0.4 is 15.2 Å². The number of anilines is 2. The molecule has 3 aromatic rings. The molecular weight excluding hydrogens is 444 g/mol. The van der Waals surface area contributed by atoms with E-state index in [2.05, 4.69) is 15.2 Å². The fourth-order valence-electron chi connectivity index (χ4n) is 3.69. The molecule has 0 aliphatic carbocycles. The van der Waals surface area contributed by atoms with Crippen LogP contribution in [0.2, 0.25) is 0 Å². The molecule has 3 N–H and O–H groups in total. The van der Waals surface area contributed by atoms with Crippen LogP contribution in [0.3, 0.4) is 0 Å². The lowest BCUT2D eigenvalue weighted by molar-refractivity contribution is 0.183. The maximum atomic E-state index is 11.6. The molecule has 1 aromatic heterocycles. The van der Waals surface area contributed by atoms with Gasteiger partial charge in [0.1, 0.15) is 12.4 Å². The summed E-state index contributed by atoms with van der Waals surface area (Å²) in [4.78, 5) is 7.17. The fraction of sp³-hybridized carbons (Fsp3) is 0.348. The van der Waals surface area contributed by atoms with E-state index in [0.29, 0.717) is 17.4 Å². The third-order valence-electron chi connectivity index (χ3n) is 5.56. The molecule has 0 spiro atoms. The van der Waals surface area contributed by atoms with Crippen molar-refractivity contribution in [3.63, 3.8) is 0 Å². The lowest BCUT2D eigenvalue weighted by Crippen LogP contribution is -2.33. The van der Waals surface area contributed by atoms with Gasteiger partial charge in [-0.05, 0) is 74.8 Å². The third kappa shape index (κ3) is 5.86. The van der Waals surface area contributed by atoms with Crippen molar-refractivity contribution in [1.82, 2.24) is 9.88 Å². The third-order valence-corrected chi connectivity index (χ3v) is 7.23. The van der Waals surface area contributed by atoms with Crippen LogP contribution >= 0.6 is 11.3 Å². The maximum Gasteiger partial charge on any atom is 0.238 e. The molecule has 0 unspecified atom stereocenters. The van der Waals surface area contributed by atoms with E-state index in [1.54, 1.807) is 6.07 Å². The number of aryl methyl sites for hydroxylation is 1.